The molecule has 2 aromatic carbocycles. The smallest absolute Gasteiger partial charge is 0.167 e. The summed E-state index contributed by atoms with van der Waals surface area (Å²) < 4.78 is 1.93. The zero-order valence-electron chi connectivity index (χ0n) is 8.99. The van der Waals surface area contributed by atoms with Gasteiger partial charge in [0, 0.05) is 20.9 Å². The highest BCUT2D eigenvalue weighted by Gasteiger charge is 2.07. The predicted octanol–water partition coefficient (Wildman–Crippen LogP) is 4.64. The number of Topliss-reactive ketones (excluding diaryl/α,β-unsaturated/α-hetero) is 1. The lowest BCUT2D eigenvalue weighted by Gasteiger charge is -2.02. The predicted molar refractivity (Wildman–Crippen MR) is 76.3 cm³/mol. The Morgan fingerprint density at radius 2 is 1.59 bits per heavy atom. The number of halogens is 2. The molecule has 0 bridgehead atoms. The summed E-state index contributed by atoms with van der Waals surface area (Å²) in [5, 5.41) is 0. The van der Waals surface area contributed by atoms with Crippen LogP contribution in [0.4, 0.5) is 0 Å². The van der Waals surface area contributed by atoms with Crippen molar-refractivity contribution in [3.05, 3.63) is 68.6 Å². The van der Waals surface area contributed by atoms with Crippen LogP contribution in [0.15, 0.2) is 57.5 Å². The average molecular weight is 354 g/mol. The molecule has 0 unspecified atom stereocenters. The van der Waals surface area contributed by atoms with Gasteiger partial charge in [-0.2, -0.15) is 0 Å². The van der Waals surface area contributed by atoms with Crippen LogP contribution in [0.1, 0.15) is 15.9 Å². The van der Waals surface area contributed by atoms with Crippen LogP contribution in [0.5, 0.6) is 0 Å². The zero-order chi connectivity index (χ0) is 12.3. The number of hydrogen-bond donors (Lipinski definition) is 0. The second-order valence-electron chi connectivity index (χ2n) is 3.74. The molecule has 0 radical (unpaired) electrons. The first-order valence-corrected chi connectivity index (χ1v) is 6.77. The van der Waals surface area contributed by atoms with Crippen LogP contribution in [0.2, 0.25) is 0 Å². The Balaban J connectivity index is 2.17. The van der Waals surface area contributed by atoms with Gasteiger partial charge < -0.3 is 0 Å². The summed E-state index contributed by atoms with van der Waals surface area (Å²) in [6, 6.07) is 15.3. The van der Waals surface area contributed by atoms with E-state index in [-0.39, 0.29) is 5.78 Å². The third-order valence-electron chi connectivity index (χ3n) is 2.40. The highest BCUT2D eigenvalue weighted by Crippen LogP contribution is 2.16. The topological polar surface area (TPSA) is 17.1 Å². The van der Waals surface area contributed by atoms with Crippen molar-refractivity contribution >= 4 is 37.6 Å². The molecule has 0 fully saturated rings. The van der Waals surface area contributed by atoms with Crippen molar-refractivity contribution in [2.45, 2.75) is 6.42 Å². The molecule has 0 aromatic heterocycles. The van der Waals surface area contributed by atoms with Gasteiger partial charge in [-0.3, -0.25) is 4.79 Å². The lowest BCUT2D eigenvalue weighted by atomic mass is 10.0. The standard InChI is InChI=1S/C14H10Br2O/c15-12-5-1-3-10(7-12)8-14(17)11-4-2-6-13(16)9-11/h1-7,9H,8H2. The Hall–Kier alpha value is -0.930. The summed E-state index contributed by atoms with van der Waals surface area (Å²) in [7, 11) is 0. The fraction of sp³-hybridized carbons (Fsp3) is 0.0714. The minimum atomic E-state index is 0.129. The minimum absolute atomic E-state index is 0.129. The number of carbonyl (C=O) groups excluding carboxylic acids is 1. The molecule has 3 heteroatoms. The molecule has 2 aromatic rings. The molecule has 86 valence electrons. The maximum Gasteiger partial charge on any atom is 0.167 e. The van der Waals surface area contributed by atoms with Gasteiger partial charge in [0.2, 0.25) is 0 Å². The molecule has 0 aliphatic heterocycles. The van der Waals surface area contributed by atoms with Crippen LogP contribution >= 0.6 is 31.9 Å². The molecule has 0 amide bonds. The van der Waals surface area contributed by atoms with Crippen molar-refractivity contribution in [3.8, 4) is 0 Å². The Morgan fingerprint density at radius 1 is 0.941 bits per heavy atom. The normalized spacial score (nSPS) is 10.2. The molecule has 0 aliphatic carbocycles. The molecule has 2 rings (SSSR count). The van der Waals surface area contributed by atoms with Crippen molar-refractivity contribution in [2.24, 2.45) is 0 Å². The van der Waals surface area contributed by atoms with Gasteiger partial charge in [0.15, 0.2) is 5.78 Å². The average Bonchev–Trinajstić information content (AvgIpc) is 2.29. The third kappa shape index (κ3) is 3.51. The number of hydrogen-bond acceptors (Lipinski definition) is 1. The highest BCUT2D eigenvalue weighted by atomic mass is 79.9. The van der Waals surface area contributed by atoms with Gasteiger partial charge in [-0.1, -0.05) is 56.1 Å². The van der Waals surface area contributed by atoms with Gasteiger partial charge in [0.1, 0.15) is 0 Å². The Morgan fingerprint density at radius 3 is 2.24 bits per heavy atom. The van der Waals surface area contributed by atoms with E-state index in [1.54, 1.807) is 0 Å². The minimum Gasteiger partial charge on any atom is -0.294 e. The number of rotatable bonds is 3. The van der Waals surface area contributed by atoms with E-state index >= 15 is 0 Å². The van der Waals surface area contributed by atoms with Crippen LogP contribution in [0, 0.1) is 0 Å². The summed E-state index contributed by atoms with van der Waals surface area (Å²) in [5.74, 6) is 0.129. The van der Waals surface area contributed by atoms with E-state index in [4.69, 9.17) is 0 Å². The molecule has 0 atom stereocenters. The molecule has 0 saturated heterocycles. The van der Waals surface area contributed by atoms with Gasteiger partial charge in [-0.05, 0) is 29.8 Å². The van der Waals surface area contributed by atoms with E-state index in [9.17, 15) is 4.79 Å². The van der Waals surface area contributed by atoms with Crippen molar-refractivity contribution in [1.29, 1.82) is 0 Å². The zero-order valence-corrected chi connectivity index (χ0v) is 12.2. The second kappa shape index (κ2) is 5.61. The monoisotopic (exact) mass is 352 g/mol. The van der Waals surface area contributed by atoms with Gasteiger partial charge >= 0.3 is 0 Å². The maximum atomic E-state index is 12.0. The van der Waals surface area contributed by atoms with Crippen LogP contribution in [-0.4, -0.2) is 5.78 Å². The first kappa shape index (κ1) is 12.5. The number of benzene rings is 2. The molecule has 0 N–H and O–H groups in total. The molecule has 0 spiro atoms. The summed E-state index contributed by atoms with van der Waals surface area (Å²) in [4.78, 5) is 12.0. The fourth-order valence-corrected chi connectivity index (χ4v) is 2.44. The first-order chi connectivity index (χ1) is 8.15. The Bertz CT molecular complexity index is 549. The summed E-state index contributed by atoms with van der Waals surface area (Å²) in [6.45, 7) is 0. The lowest BCUT2D eigenvalue weighted by molar-refractivity contribution is 0.0993. The molecular weight excluding hydrogens is 344 g/mol. The van der Waals surface area contributed by atoms with E-state index in [0.717, 1.165) is 20.1 Å². The van der Waals surface area contributed by atoms with Crippen molar-refractivity contribution in [1.82, 2.24) is 0 Å². The van der Waals surface area contributed by atoms with E-state index in [2.05, 4.69) is 31.9 Å². The van der Waals surface area contributed by atoms with Gasteiger partial charge in [0.05, 0.1) is 0 Å². The molecule has 1 nitrogen and oxygen atoms in total. The van der Waals surface area contributed by atoms with Gasteiger partial charge in [0.25, 0.3) is 0 Å². The van der Waals surface area contributed by atoms with Gasteiger partial charge in [-0.15, -0.1) is 0 Å². The third-order valence-corrected chi connectivity index (χ3v) is 3.39. The lowest BCUT2D eigenvalue weighted by Crippen LogP contribution is -2.03. The summed E-state index contributed by atoms with van der Waals surface area (Å²) in [6.07, 6.45) is 0.426. The Labute approximate surface area is 117 Å². The fourth-order valence-electron chi connectivity index (χ4n) is 1.60. The van der Waals surface area contributed by atoms with E-state index < -0.39 is 0 Å². The largest absolute Gasteiger partial charge is 0.294 e. The van der Waals surface area contributed by atoms with E-state index in [0.29, 0.717) is 6.42 Å². The van der Waals surface area contributed by atoms with Gasteiger partial charge in [-0.25, -0.2) is 0 Å². The number of carbonyl (C=O) groups is 1. The molecule has 17 heavy (non-hydrogen) atoms. The summed E-state index contributed by atoms with van der Waals surface area (Å²) in [5.41, 5.74) is 1.75. The van der Waals surface area contributed by atoms with Crippen molar-refractivity contribution < 1.29 is 4.79 Å². The van der Waals surface area contributed by atoms with Crippen molar-refractivity contribution in [2.75, 3.05) is 0 Å². The van der Waals surface area contributed by atoms with Crippen molar-refractivity contribution in [3.63, 3.8) is 0 Å². The van der Waals surface area contributed by atoms with Crippen LogP contribution in [-0.2, 0) is 6.42 Å². The van der Waals surface area contributed by atoms with E-state index in [1.807, 2.05) is 48.5 Å². The first-order valence-electron chi connectivity index (χ1n) is 5.18. The second-order valence-corrected chi connectivity index (χ2v) is 5.57. The molecule has 0 aliphatic rings. The molecule has 0 saturated carbocycles. The van der Waals surface area contributed by atoms with Crippen LogP contribution in [0.25, 0.3) is 0 Å². The van der Waals surface area contributed by atoms with Crippen LogP contribution < -0.4 is 0 Å². The molecular formula is C14H10Br2O. The molecule has 0 heterocycles. The summed E-state index contributed by atoms with van der Waals surface area (Å²) >= 11 is 6.77. The maximum absolute atomic E-state index is 12.0. The quantitative estimate of drug-likeness (QED) is 0.735. The Kier molecular flexibility index (Phi) is 4.13. The highest BCUT2D eigenvalue weighted by molar-refractivity contribution is 9.10. The van der Waals surface area contributed by atoms with Crippen LogP contribution in [0.3, 0.4) is 0 Å². The van der Waals surface area contributed by atoms with E-state index in [1.165, 1.54) is 0 Å². The SMILES string of the molecule is O=C(Cc1cccc(Br)c1)c1cccc(Br)c1. The number of ketones is 1.